The van der Waals surface area contributed by atoms with E-state index < -0.39 is 5.97 Å². The summed E-state index contributed by atoms with van der Waals surface area (Å²) in [7, 11) is 6.95. The predicted molar refractivity (Wildman–Crippen MR) is 154 cm³/mol. The van der Waals surface area contributed by atoms with Crippen molar-refractivity contribution >= 4 is 40.0 Å². The molecule has 2 aliphatic heterocycles. The predicted octanol–water partition coefficient (Wildman–Crippen LogP) is 3.41. The molecule has 0 saturated carbocycles. The topological polar surface area (TPSA) is 125 Å². The normalized spacial score (nSPS) is 15.5. The number of carbonyl (C=O) groups is 1. The molecular formula is C27H35N7O5S. The van der Waals surface area contributed by atoms with Crippen LogP contribution in [0.25, 0.3) is 0 Å². The van der Waals surface area contributed by atoms with Crippen molar-refractivity contribution in [1.29, 1.82) is 0 Å². The van der Waals surface area contributed by atoms with E-state index in [0.717, 1.165) is 79.7 Å². The molecule has 2 aliphatic rings. The number of nitrogens with one attached hydrogen (secondary N) is 1. The number of carboxylic acids is 1. The number of anilines is 4. The van der Waals surface area contributed by atoms with Crippen LogP contribution in [-0.4, -0.2) is 92.0 Å². The number of rotatable bonds is 9. The van der Waals surface area contributed by atoms with Gasteiger partial charge in [0.05, 0.1) is 27.0 Å². The Labute approximate surface area is 237 Å². The highest BCUT2D eigenvalue weighted by Gasteiger charge is 2.29. The summed E-state index contributed by atoms with van der Waals surface area (Å²) in [5, 5.41) is 13.1. The number of fused-ring (bicyclic) bond motifs is 1. The highest BCUT2D eigenvalue weighted by Crippen LogP contribution is 2.40. The van der Waals surface area contributed by atoms with Crippen molar-refractivity contribution in [1.82, 2.24) is 19.9 Å². The Balaban J connectivity index is 1.54. The standard InChI is InChI=1S/C27H35N7O5S/c1-16-22(25(35)36)40-27(28-16)31-26-29-23(33-11-9-32(2)10-12-33)18-7-6-8-34(24(18)30-26)15-17-13-19(37-3)21(39-5)20(14-17)38-4/h13-14H,6-12,15H2,1-5H3,(H,35,36)(H,28,29,30,31). The molecule has 2 N–H and O–H groups in total. The first-order chi connectivity index (χ1) is 19.3. The summed E-state index contributed by atoms with van der Waals surface area (Å²) in [4.78, 5) is 33.0. The minimum Gasteiger partial charge on any atom is -0.493 e. The molecular weight excluding hydrogens is 534 g/mol. The fourth-order valence-electron chi connectivity index (χ4n) is 5.18. The number of ether oxygens (including phenoxy) is 3. The van der Waals surface area contributed by atoms with Gasteiger partial charge in [0.1, 0.15) is 16.5 Å². The van der Waals surface area contributed by atoms with Gasteiger partial charge in [0.15, 0.2) is 16.6 Å². The van der Waals surface area contributed by atoms with Crippen LogP contribution in [0, 0.1) is 6.92 Å². The number of aromatic nitrogens is 3. The number of thiazole rings is 1. The Kier molecular flexibility index (Phi) is 8.12. The van der Waals surface area contributed by atoms with E-state index in [9.17, 15) is 9.90 Å². The summed E-state index contributed by atoms with van der Waals surface area (Å²) in [6.45, 7) is 6.73. The number of methoxy groups -OCH3 is 3. The fourth-order valence-corrected chi connectivity index (χ4v) is 5.98. The Hall–Kier alpha value is -3.84. The average Bonchev–Trinajstić information content (AvgIpc) is 3.32. The van der Waals surface area contributed by atoms with Gasteiger partial charge < -0.3 is 34.0 Å². The second-order valence-corrected chi connectivity index (χ2v) is 10.9. The summed E-state index contributed by atoms with van der Waals surface area (Å²) < 4.78 is 16.7. The maximum atomic E-state index is 11.6. The van der Waals surface area contributed by atoms with Crippen molar-refractivity contribution in [3.8, 4) is 17.2 Å². The van der Waals surface area contributed by atoms with E-state index in [1.165, 1.54) is 0 Å². The molecule has 12 nitrogen and oxygen atoms in total. The fraction of sp³-hybridized carbons (Fsp3) is 0.481. The van der Waals surface area contributed by atoms with Crippen molar-refractivity contribution in [2.75, 3.05) is 76.2 Å². The first-order valence-electron chi connectivity index (χ1n) is 13.2. The average molecular weight is 570 g/mol. The van der Waals surface area contributed by atoms with Crippen molar-refractivity contribution in [3.63, 3.8) is 0 Å². The molecule has 2 aromatic heterocycles. The monoisotopic (exact) mass is 569 g/mol. The zero-order valence-corrected chi connectivity index (χ0v) is 24.3. The first-order valence-corrected chi connectivity index (χ1v) is 14.0. The molecule has 40 heavy (non-hydrogen) atoms. The molecule has 13 heteroatoms. The molecule has 214 valence electrons. The zero-order chi connectivity index (χ0) is 28.4. The first kappa shape index (κ1) is 27.7. The molecule has 1 aromatic carbocycles. The van der Waals surface area contributed by atoms with Gasteiger partial charge in [0.25, 0.3) is 0 Å². The number of carboxylic acid groups (broad SMARTS) is 1. The number of hydrogen-bond acceptors (Lipinski definition) is 12. The minimum absolute atomic E-state index is 0.198. The molecule has 0 spiro atoms. The van der Waals surface area contributed by atoms with Crippen molar-refractivity contribution in [3.05, 3.63) is 33.8 Å². The van der Waals surface area contributed by atoms with Crippen LogP contribution in [-0.2, 0) is 13.0 Å². The summed E-state index contributed by atoms with van der Waals surface area (Å²) in [5.41, 5.74) is 2.58. The molecule has 0 aliphatic carbocycles. The minimum atomic E-state index is -0.996. The highest BCUT2D eigenvalue weighted by atomic mass is 32.1. The third-order valence-corrected chi connectivity index (χ3v) is 8.29. The van der Waals surface area contributed by atoms with Gasteiger partial charge >= 0.3 is 5.97 Å². The number of aryl methyl sites for hydroxylation is 1. The zero-order valence-electron chi connectivity index (χ0n) is 23.5. The SMILES string of the molecule is COc1cc(CN2CCCc3c(N4CCN(C)CC4)nc(Nc4nc(C)c(C(=O)O)s4)nc32)cc(OC)c1OC. The van der Waals surface area contributed by atoms with Gasteiger partial charge in [-0.2, -0.15) is 9.97 Å². The summed E-state index contributed by atoms with van der Waals surface area (Å²) >= 11 is 1.08. The second-order valence-electron chi connectivity index (χ2n) is 9.89. The van der Waals surface area contributed by atoms with E-state index in [1.807, 2.05) is 12.1 Å². The lowest BCUT2D eigenvalue weighted by atomic mass is 10.0. The number of aromatic carboxylic acids is 1. The van der Waals surface area contributed by atoms with Crippen LogP contribution < -0.4 is 29.3 Å². The van der Waals surface area contributed by atoms with E-state index in [1.54, 1.807) is 28.3 Å². The molecule has 0 unspecified atom stereocenters. The lowest BCUT2D eigenvalue weighted by Gasteiger charge is -2.37. The van der Waals surface area contributed by atoms with E-state index >= 15 is 0 Å². The Morgan fingerprint density at radius 1 is 1.00 bits per heavy atom. The van der Waals surface area contributed by atoms with E-state index in [4.69, 9.17) is 24.2 Å². The van der Waals surface area contributed by atoms with Crippen LogP contribution in [0.15, 0.2) is 12.1 Å². The van der Waals surface area contributed by atoms with Gasteiger partial charge in [-0.05, 0) is 44.5 Å². The molecule has 3 aromatic rings. The molecule has 1 fully saturated rings. The maximum absolute atomic E-state index is 11.6. The molecule has 5 rings (SSSR count). The molecule has 1 saturated heterocycles. The number of hydrogen-bond donors (Lipinski definition) is 2. The Bertz CT molecular complexity index is 1360. The van der Waals surface area contributed by atoms with Gasteiger partial charge in [0.2, 0.25) is 11.7 Å². The molecule has 0 amide bonds. The van der Waals surface area contributed by atoms with Gasteiger partial charge in [0, 0.05) is 44.8 Å². The highest BCUT2D eigenvalue weighted by molar-refractivity contribution is 7.17. The number of piperazine rings is 1. The van der Waals surface area contributed by atoms with E-state index in [0.29, 0.717) is 40.6 Å². The van der Waals surface area contributed by atoms with Crippen molar-refractivity contribution in [2.45, 2.75) is 26.3 Å². The molecule has 0 bridgehead atoms. The Morgan fingerprint density at radius 3 is 2.27 bits per heavy atom. The van der Waals surface area contributed by atoms with E-state index in [-0.39, 0.29) is 4.88 Å². The number of nitrogens with zero attached hydrogens (tertiary/aromatic N) is 6. The summed E-state index contributed by atoms with van der Waals surface area (Å²) in [6, 6.07) is 3.92. The molecule has 0 atom stereocenters. The van der Waals surface area contributed by atoms with E-state index in [2.05, 4.69) is 32.0 Å². The smallest absolute Gasteiger partial charge is 0.347 e. The lowest BCUT2D eigenvalue weighted by Crippen LogP contribution is -2.45. The van der Waals surface area contributed by atoms with Crippen LogP contribution in [0.4, 0.5) is 22.7 Å². The van der Waals surface area contributed by atoms with Crippen LogP contribution >= 0.6 is 11.3 Å². The Morgan fingerprint density at radius 2 is 1.68 bits per heavy atom. The maximum Gasteiger partial charge on any atom is 0.347 e. The van der Waals surface area contributed by atoms with Crippen LogP contribution in [0.3, 0.4) is 0 Å². The van der Waals surface area contributed by atoms with Gasteiger partial charge in [-0.15, -0.1) is 0 Å². The third-order valence-electron chi connectivity index (χ3n) is 7.23. The summed E-state index contributed by atoms with van der Waals surface area (Å²) in [6.07, 6.45) is 1.85. The van der Waals surface area contributed by atoms with Gasteiger partial charge in [-0.25, -0.2) is 9.78 Å². The number of likely N-dealkylation sites (N-methyl/N-ethyl adjacent to an activating group) is 1. The molecule has 4 heterocycles. The van der Waals surface area contributed by atoms with Crippen LogP contribution in [0.5, 0.6) is 17.2 Å². The van der Waals surface area contributed by atoms with Gasteiger partial charge in [-0.1, -0.05) is 11.3 Å². The van der Waals surface area contributed by atoms with Crippen molar-refractivity contribution in [2.24, 2.45) is 0 Å². The lowest BCUT2D eigenvalue weighted by molar-refractivity contribution is 0.0701. The largest absolute Gasteiger partial charge is 0.493 e. The third kappa shape index (κ3) is 5.56. The number of benzene rings is 1. The van der Waals surface area contributed by atoms with Gasteiger partial charge in [-0.3, -0.25) is 5.32 Å². The van der Waals surface area contributed by atoms with Crippen molar-refractivity contribution < 1.29 is 24.1 Å². The second kappa shape index (κ2) is 11.7. The quantitative estimate of drug-likeness (QED) is 0.392. The van der Waals surface area contributed by atoms with Crippen LogP contribution in [0.1, 0.15) is 32.9 Å². The summed E-state index contributed by atoms with van der Waals surface area (Å²) in [5.74, 6) is 2.94. The van der Waals surface area contributed by atoms with Crippen LogP contribution in [0.2, 0.25) is 0 Å². The molecule has 0 radical (unpaired) electrons.